The second-order valence-electron chi connectivity index (χ2n) is 4.46. The minimum atomic E-state index is 0.784. The van der Waals surface area contributed by atoms with E-state index in [0.29, 0.717) is 0 Å². The lowest BCUT2D eigenvalue weighted by Gasteiger charge is -2.43. The summed E-state index contributed by atoms with van der Waals surface area (Å²) in [4.78, 5) is 5.03. The summed E-state index contributed by atoms with van der Waals surface area (Å²) in [7, 11) is 2.18. The van der Waals surface area contributed by atoms with Crippen molar-refractivity contribution in [2.45, 2.75) is 31.3 Å². The Morgan fingerprint density at radius 1 is 1.38 bits per heavy atom. The van der Waals surface area contributed by atoms with Crippen LogP contribution in [-0.2, 0) is 0 Å². The third kappa shape index (κ3) is 2.22. The number of nitrogens with two attached hydrogens (primary N) is 1. The van der Waals surface area contributed by atoms with E-state index in [0.717, 1.165) is 25.2 Å². The van der Waals surface area contributed by atoms with Crippen molar-refractivity contribution in [3.63, 3.8) is 0 Å². The minimum Gasteiger partial charge on any atom is -0.329 e. The molecule has 0 aromatic heterocycles. The quantitative estimate of drug-likeness (QED) is 0.657. The molecular formula is C10H21N3. The molecule has 1 aliphatic carbocycles. The number of rotatable bonds is 5. The average Bonchev–Trinajstić information content (AvgIpc) is 2.83. The maximum Gasteiger partial charge on any atom is 0.0238 e. The molecule has 2 rings (SSSR count). The van der Waals surface area contributed by atoms with E-state index in [4.69, 9.17) is 5.73 Å². The molecule has 1 unspecified atom stereocenters. The van der Waals surface area contributed by atoms with E-state index in [2.05, 4.69) is 16.8 Å². The van der Waals surface area contributed by atoms with E-state index in [-0.39, 0.29) is 0 Å². The summed E-state index contributed by atoms with van der Waals surface area (Å²) in [6.45, 7) is 4.38. The van der Waals surface area contributed by atoms with Crippen LogP contribution in [0, 0.1) is 0 Å². The van der Waals surface area contributed by atoms with Gasteiger partial charge in [0, 0.05) is 38.3 Å². The number of hydrogen-bond donors (Lipinski definition) is 1. The average molecular weight is 183 g/mol. The summed E-state index contributed by atoms with van der Waals surface area (Å²) in [5, 5.41) is 0. The summed E-state index contributed by atoms with van der Waals surface area (Å²) in [5.41, 5.74) is 5.52. The van der Waals surface area contributed by atoms with E-state index in [1.165, 1.54) is 32.4 Å². The van der Waals surface area contributed by atoms with Crippen molar-refractivity contribution in [1.29, 1.82) is 0 Å². The van der Waals surface area contributed by atoms with Crippen molar-refractivity contribution >= 4 is 0 Å². The van der Waals surface area contributed by atoms with Crippen molar-refractivity contribution in [3.8, 4) is 0 Å². The Morgan fingerprint density at radius 3 is 2.62 bits per heavy atom. The molecule has 2 N–H and O–H groups in total. The summed E-state index contributed by atoms with van der Waals surface area (Å²) >= 11 is 0. The normalized spacial score (nSPS) is 29.3. The summed E-state index contributed by atoms with van der Waals surface area (Å²) in [5.74, 6) is 0. The standard InChI is InChI=1S/C10H21N3/c1-12(7-5-11)8-10-4-6-13(10)9-2-3-9/h9-10H,2-8,11H2,1H3. The fraction of sp³-hybridized carbons (Fsp3) is 1.00. The zero-order valence-corrected chi connectivity index (χ0v) is 8.58. The maximum atomic E-state index is 5.52. The Hall–Kier alpha value is -0.120. The van der Waals surface area contributed by atoms with Crippen LogP contribution < -0.4 is 5.73 Å². The first-order chi connectivity index (χ1) is 6.31. The van der Waals surface area contributed by atoms with Gasteiger partial charge in [0.15, 0.2) is 0 Å². The van der Waals surface area contributed by atoms with Crippen LogP contribution in [0.1, 0.15) is 19.3 Å². The van der Waals surface area contributed by atoms with E-state index < -0.39 is 0 Å². The van der Waals surface area contributed by atoms with Gasteiger partial charge in [-0.1, -0.05) is 0 Å². The lowest BCUT2D eigenvalue weighted by atomic mass is 10.0. The molecule has 1 saturated heterocycles. The number of likely N-dealkylation sites (N-methyl/N-ethyl adjacent to an activating group) is 1. The maximum absolute atomic E-state index is 5.52. The van der Waals surface area contributed by atoms with Crippen molar-refractivity contribution in [3.05, 3.63) is 0 Å². The van der Waals surface area contributed by atoms with Crippen molar-refractivity contribution in [2.75, 3.05) is 33.2 Å². The monoisotopic (exact) mass is 183 g/mol. The van der Waals surface area contributed by atoms with E-state index in [1.54, 1.807) is 0 Å². The highest BCUT2D eigenvalue weighted by molar-refractivity contribution is 4.95. The third-order valence-corrected chi connectivity index (χ3v) is 3.24. The minimum absolute atomic E-state index is 0.784. The predicted molar refractivity (Wildman–Crippen MR) is 54.7 cm³/mol. The lowest BCUT2D eigenvalue weighted by Crippen LogP contribution is -2.54. The molecule has 13 heavy (non-hydrogen) atoms. The van der Waals surface area contributed by atoms with E-state index >= 15 is 0 Å². The first-order valence-electron chi connectivity index (χ1n) is 5.45. The van der Waals surface area contributed by atoms with Gasteiger partial charge in [0.05, 0.1) is 0 Å². The molecule has 1 aliphatic heterocycles. The van der Waals surface area contributed by atoms with E-state index in [9.17, 15) is 0 Å². The summed E-state index contributed by atoms with van der Waals surface area (Å²) in [6, 6.07) is 1.79. The van der Waals surface area contributed by atoms with Gasteiger partial charge in [-0.05, 0) is 26.3 Å². The van der Waals surface area contributed by atoms with Crippen LogP contribution in [-0.4, -0.2) is 55.1 Å². The summed E-state index contributed by atoms with van der Waals surface area (Å²) in [6.07, 6.45) is 4.28. The van der Waals surface area contributed by atoms with Crippen LogP contribution in [0.2, 0.25) is 0 Å². The van der Waals surface area contributed by atoms with Crippen LogP contribution in [0.25, 0.3) is 0 Å². The smallest absolute Gasteiger partial charge is 0.0238 e. The van der Waals surface area contributed by atoms with Gasteiger partial charge in [-0.3, -0.25) is 4.90 Å². The Bertz CT molecular complexity index is 168. The van der Waals surface area contributed by atoms with Gasteiger partial charge in [-0.15, -0.1) is 0 Å². The van der Waals surface area contributed by atoms with Gasteiger partial charge in [0.1, 0.15) is 0 Å². The van der Waals surface area contributed by atoms with Crippen LogP contribution in [0.15, 0.2) is 0 Å². The Labute approximate surface area is 80.9 Å². The van der Waals surface area contributed by atoms with Crippen LogP contribution >= 0.6 is 0 Å². The first kappa shape index (κ1) is 9.44. The van der Waals surface area contributed by atoms with Gasteiger partial charge < -0.3 is 10.6 Å². The molecule has 0 aromatic carbocycles. The largest absolute Gasteiger partial charge is 0.329 e. The highest BCUT2D eigenvalue weighted by Crippen LogP contribution is 2.34. The van der Waals surface area contributed by atoms with Gasteiger partial charge in [0.25, 0.3) is 0 Å². The van der Waals surface area contributed by atoms with Crippen molar-refractivity contribution < 1.29 is 0 Å². The number of nitrogens with zero attached hydrogens (tertiary/aromatic N) is 2. The van der Waals surface area contributed by atoms with Crippen LogP contribution in [0.5, 0.6) is 0 Å². The zero-order chi connectivity index (χ0) is 9.26. The fourth-order valence-corrected chi connectivity index (χ4v) is 2.22. The highest BCUT2D eigenvalue weighted by atomic mass is 15.3. The molecule has 76 valence electrons. The lowest BCUT2D eigenvalue weighted by molar-refractivity contribution is 0.0561. The molecule has 0 amide bonds. The molecule has 0 bridgehead atoms. The van der Waals surface area contributed by atoms with Crippen molar-refractivity contribution in [1.82, 2.24) is 9.80 Å². The van der Waals surface area contributed by atoms with Gasteiger partial charge >= 0.3 is 0 Å². The van der Waals surface area contributed by atoms with Crippen molar-refractivity contribution in [2.24, 2.45) is 5.73 Å². The third-order valence-electron chi connectivity index (χ3n) is 3.24. The highest BCUT2D eigenvalue weighted by Gasteiger charge is 2.39. The SMILES string of the molecule is CN(CCN)CC1CCN1C1CC1. The Balaban J connectivity index is 1.68. The predicted octanol–water partition coefficient (Wildman–Crippen LogP) is 0.114. The molecule has 1 atom stereocenters. The second-order valence-corrected chi connectivity index (χ2v) is 4.46. The molecule has 0 spiro atoms. The zero-order valence-electron chi connectivity index (χ0n) is 8.58. The molecular weight excluding hydrogens is 162 g/mol. The topological polar surface area (TPSA) is 32.5 Å². The summed E-state index contributed by atoms with van der Waals surface area (Å²) < 4.78 is 0. The molecule has 3 nitrogen and oxygen atoms in total. The Kier molecular flexibility index (Phi) is 2.86. The van der Waals surface area contributed by atoms with Gasteiger partial charge in [-0.2, -0.15) is 0 Å². The number of hydrogen-bond acceptors (Lipinski definition) is 3. The van der Waals surface area contributed by atoms with Crippen LogP contribution in [0.3, 0.4) is 0 Å². The molecule has 0 aromatic rings. The molecule has 3 heteroatoms. The van der Waals surface area contributed by atoms with E-state index in [1.807, 2.05) is 0 Å². The number of likely N-dealkylation sites (tertiary alicyclic amines) is 1. The fourth-order valence-electron chi connectivity index (χ4n) is 2.22. The second kappa shape index (κ2) is 3.95. The van der Waals surface area contributed by atoms with Crippen LogP contribution in [0.4, 0.5) is 0 Å². The molecule has 1 heterocycles. The first-order valence-corrected chi connectivity index (χ1v) is 5.45. The Morgan fingerprint density at radius 2 is 2.15 bits per heavy atom. The molecule has 0 radical (unpaired) electrons. The van der Waals surface area contributed by atoms with Gasteiger partial charge in [0.2, 0.25) is 0 Å². The molecule has 2 aliphatic rings. The molecule has 1 saturated carbocycles. The van der Waals surface area contributed by atoms with Gasteiger partial charge in [-0.25, -0.2) is 0 Å². The molecule has 2 fully saturated rings.